The van der Waals surface area contributed by atoms with Crippen LogP contribution in [0.5, 0.6) is 5.75 Å². The molecule has 0 aliphatic carbocycles. The van der Waals surface area contributed by atoms with Gasteiger partial charge in [-0.25, -0.2) is 9.97 Å². The number of methoxy groups -OCH3 is 1. The van der Waals surface area contributed by atoms with Crippen LogP contribution in [0.15, 0.2) is 30.3 Å². The van der Waals surface area contributed by atoms with Crippen LogP contribution in [-0.2, 0) is 12.8 Å². The van der Waals surface area contributed by atoms with Crippen LogP contribution in [0.3, 0.4) is 0 Å². The van der Waals surface area contributed by atoms with Crippen LogP contribution < -0.4 is 10.5 Å². The number of nitrogens with zero attached hydrogens (tertiary/aromatic N) is 2. The molecule has 106 valence electrons. The molecule has 1 aromatic heterocycles. The molecule has 1 atom stereocenters. The van der Waals surface area contributed by atoms with Crippen molar-refractivity contribution >= 4 is 0 Å². The molecule has 0 aliphatic heterocycles. The van der Waals surface area contributed by atoms with E-state index in [0.717, 1.165) is 35.8 Å². The Hall–Kier alpha value is -1.94. The minimum atomic E-state index is 0.109. The largest absolute Gasteiger partial charge is 0.497 e. The van der Waals surface area contributed by atoms with E-state index in [1.54, 1.807) is 7.11 Å². The molecule has 0 saturated carbocycles. The zero-order chi connectivity index (χ0) is 14.5. The maximum Gasteiger partial charge on any atom is 0.133 e. The third-order valence-electron chi connectivity index (χ3n) is 3.01. The van der Waals surface area contributed by atoms with E-state index in [1.165, 1.54) is 5.56 Å². The van der Waals surface area contributed by atoms with Crippen LogP contribution in [0.2, 0.25) is 0 Å². The fourth-order valence-corrected chi connectivity index (χ4v) is 2.14. The third kappa shape index (κ3) is 4.03. The van der Waals surface area contributed by atoms with E-state index >= 15 is 0 Å². The molecule has 0 fully saturated rings. The lowest BCUT2D eigenvalue weighted by molar-refractivity contribution is 0.414. The first-order chi connectivity index (χ1) is 9.56. The van der Waals surface area contributed by atoms with Gasteiger partial charge in [0.05, 0.1) is 7.11 Å². The molecular weight excluding hydrogens is 250 g/mol. The zero-order valence-electron chi connectivity index (χ0n) is 12.3. The Labute approximate surface area is 120 Å². The van der Waals surface area contributed by atoms with Gasteiger partial charge >= 0.3 is 0 Å². The maximum atomic E-state index is 5.83. The second kappa shape index (κ2) is 6.48. The summed E-state index contributed by atoms with van der Waals surface area (Å²) < 4.78 is 5.16. The van der Waals surface area contributed by atoms with Gasteiger partial charge in [0.2, 0.25) is 0 Å². The summed E-state index contributed by atoms with van der Waals surface area (Å²) in [6, 6.07) is 10.1. The fraction of sp³-hybridized carbons (Fsp3) is 0.375. The van der Waals surface area contributed by atoms with Crippen molar-refractivity contribution in [1.29, 1.82) is 0 Å². The van der Waals surface area contributed by atoms with Gasteiger partial charge in [0.15, 0.2) is 0 Å². The van der Waals surface area contributed by atoms with Crippen molar-refractivity contribution in [3.05, 3.63) is 53.1 Å². The van der Waals surface area contributed by atoms with Crippen LogP contribution in [0.1, 0.15) is 29.7 Å². The Morgan fingerprint density at radius 1 is 1.20 bits per heavy atom. The van der Waals surface area contributed by atoms with E-state index in [2.05, 4.69) is 9.97 Å². The highest BCUT2D eigenvalue weighted by atomic mass is 16.5. The molecule has 0 saturated heterocycles. The summed E-state index contributed by atoms with van der Waals surface area (Å²) in [7, 11) is 1.67. The number of hydrogen-bond donors (Lipinski definition) is 1. The van der Waals surface area contributed by atoms with E-state index in [4.69, 9.17) is 10.5 Å². The summed E-state index contributed by atoms with van der Waals surface area (Å²) in [6.45, 7) is 3.98. The molecule has 0 spiro atoms. The van der Waals surface area contributed by atoms with Crippen molar-refractivity contribution in [1.82, 2.24) is 9.97 Å². The van der Waals surface area contributed by atoms with Crippen molar-refractivity contribution in [2.45, 2.75) is 32.7 Å². The van der Waals surface area contributed by atoms with Crippen LogP contribution in [-0.4, -0.2) is 23.1 Å². The Bertz CT molecular complexity index is 564. The standard InChI is InChI=1S/C16H21N3O/c1-11(17)8-14-9-12(2)18-16(19-14)10-13-4-6-15(20-3)7-5-13/h4-7,9,11H,8,10,17H2,1-3H3. The predicted molar refractivity (Wildman–Crippen MR) is 79.9 cm³/mol. The van der Waals surface area contributed by atoms with E-state index < -0.39 is 0 Å². The highest BCUT2D eigenvalue weighted by Gasteiger charge is 2.06. The van der Waals surface area contributed by atoms with Gasteiger partial charge in [0, 0.05) is 30.3 Å². The first-order valence-corrected chi connectivity index (χ1v) is 6.79. The molecule has 0 radical (unpaired) electrons. The summed E-state index contributed by atoms with van der Waals surface area (Å²) >= 11 is 0. The average Bonchev–Trinajstić information content (AvgIpc) is 2.38. The van der Waals surface area contributed by atoms with Crippen molar-refractivity contribution < 1.29 is 4.74 Å². The highest BCUT2D eigenvalue weighted by Crippen LogP contribution is 2.14. The highest BCUT2D eigenvalue weighted by molar-refractivity contribution is 5.29. The number of aromatic nitrogens is 2. The van der Waals surface area contributed by atoms with E-state index in [9.17, 15) is 0 Å². The quantitative estimate of drug-likeness (QED) is 0.906. The average molecular weight is 271 g/mol. The van der Waals surface area contributed by atoms with Crippen molar-refractivity contribution in [2.24, 2.45) is 5.73 Å². The summed E-state index contributed by atoms with van der Waals surface area (Å²) in [6.07, 6.45) is 1.50. The monoisotopic (exact) mass is 271 g/mol. The van der Waals surface area contributed by atoms with Gasteiger partial charge in [0.25, 0.3) is 0 Å². The minimum absolute atomic E-state index is 0.109. The molecule has 1 aromatic carbocycles. The number of nitrogens with two attached hydrogens (primary N) is 1. The fourth-order valence-electron chi connectivity index (χ4n) is 2.14. The second-order valence-electron chi connectivity index (χ2n) is 5.12. The number of aryl methyl sites for hydroxylation is 1. The molecule has 1 heterocycles. The van der Waals surface area contributed by atoms with E-state index in [0.29, 0.717) is 0 Å². The van der Waals surface area contributed by atoms with Gasteiger partial charge in [-0.3, -0.25) is 0 Å². The summed E-state index contributed by atoms with van der Waals surface area (Å²) in [5.74, 6) is 1.70. The van der Waals surface area contributed by atoms with Crippen molar-refractivity contribution in [3.63, 3.8) is 0 Å². The lowest BCUT2D eigenvalue weighted by Crippen LogP contribution is -2.19. The number of ether oxygens (including phenoxy) is 1. The van der Waals surface area contributed by atoms with Gasteiger partial charge in [-0.1, -0.05) is 12.1 Å². The topological polar surface area (TPSA) is 61.0 Å². The van der Waals surface area contributed by atoms with Gasteiger partial charge in [-0.15, -0.1) is 0 Å². The molecule has 0 aliphatic rings. The van der Waals surface area contributed by atoms with Gasteiger partial charge in [0.1, 0.15) is 11.6 Å². The Morgan fingerprint density at radius 3 is 2.50 bits per heavy atom. The van der Waals surface area contributed by atoms with Gasteiger partial charge in [-0.05, 0) is 37.6 Å². The molecule has 0 bridgehead atoms. The Balaban J connectivity index is 2.17. The van der Waals surface area contributed by atoms with E-state index in [-0.39, 0.29) is 6.04 Å². The van der Waals surface area contributed by atoms with Crippen LogP contribution in [0, 0.1) is 6.92 Å². The number of hydrogen-bond acceptors (Lipinski definition) is 4. The Kier molecular flexibility index (Phi) is 4.69. The summed E-state index contributed by atoms with van der Waals surface area (Å²) in [5.41, 5.74) is 9.00. The van der Waals surface area contributed by atoms with Crippen LogP contribution >= 0.6 is 0 Å². The molecule has 1 unspecified atom stereocenters. The molecule has 2 aromatic rings. The minimum Gasteiger partial charge on any atom is -0.497 e. The molecular formula is C16H21N3O. The molecule has 4 nitrogen and oxygen atoms in total. The van der Waals surface area contributed by atoms with Crippen LogP contribution in [0.25, 0.3) is 0 Å². The number of benzene rings is 1. The summed E-state index contributed by atoms with van der Waals surface area (Å²) in [4.78, 5) is 9.09. The van der Waals surface area contributed by atoms with Crippen molar-refractivity contribution in [3.8, 4) is 5.75 Å². The third-order valence-corrected chi connectivity index (χ3v) is 3.01. The first kappa shape index (κ1) is 14.5. The number of rotatable bonds is 5. The molecule has 2 rings (SSSR count). The maximum absolute atomic E-state index is 5.83. The summed E-state index contributed by atoms with van der Waals surface area (Å²) in [5, 5.41) is 0. The van der Waals surface area contributed by atoms with Gasteiger partial charge in [-0.2, -0.15) is 0 Å². The lowest BCUT2D eigenvalue weighted by Gasteiger charge is -2.08. The predicted octanol–water partition coefficient (Wildman–Crippen LogP) is 2.27. The first-order valence-electron chi connectivity index (χ1n) is 6.79. The smallest absolute Gasteiger partial charge is 0.133 e. The van der Waals surface area contributed by atoms with Crippen LogP contribution in [0.4, 0.5) is 0 Å². The Morgan fingerprint density at radius 2 is 1.90 bits per heavy atom. The second-order valence-corrected chi connectivity index (χ2v) is 5.12. The van der Waals surface area contributed by atoms with E-state index in [1.807, 2.05) is 44.2 Å². The molecule has 2 N–H and O–H groups in total. The van der Waals surface area contributed by atoms with Gasteiger partial charge < -0.3 is 10.5 Å². The normalized spacial score (nSPS) is 12.2. The molecule has 20 heavy (non-hydrogen) atoms. The SMILES string of the molecule is COc1ccc(Cc2nc(C)cc(CC(C)N)n2)cc1. The molecule has 4 heteroatoms. The zero-order valence-corrected chi connectivity index (χ0v) is 12.3. The molecule has 0 amide bonds. The van der Waals surface area contributed by atoms with Crippen molar-refractivity contribution in [2.75, 3.05) is 7.11 Å². The lowest BCUT2D eigenvalue weighted by atomic mass is 10.1.